The lowest BCUT2D eigenvalue weighted by molar-refractivity contribution is -0.137. The normalized spacial score (nSPS) is 18.8. The van der Waals surface area contributed by atoms with Gasteiger partial charge in [0, 0.05) is 62.0 Å². The topological polar surface area (TPSA) is 88.0 Å². The first kappa shape index (κ1) is 29.6. The van der Waals surface area contributed by atoms with E-state index in [4.69, 9.17) is 9.84 Å². The zero-order valence-corrected chi connectivity index (χ0v) is 24.7. The minimum absolute atomic E-state index is 0.0149. The maximum absolute atomic E-state index is 13.1. The van der Waals surface area contributed by atoms with Crippen LogP contribution in [0.25, 0.3) is 11.3 Å². The van der Waals surface area contributed by atoms with Crippen LogP contribution in [0.2, 0.25) is 0 Å². The lowest BCUT2D eigenvalue weighted by atomic mass is 10.0. The number of carbonyl (C=O) groups excluding carboxylic acids is 1. The van der Waals surface area contributed by atoms with Crippen molar-refractivity contribution in [3.8, 4) is 17.0 Å². The van der Waals surface area contributed by atoms with E-state index in [-0.39, 0.29) is 25.1 Å². The number of piperidine rings is 1. The molecular formula is C30H34F3N5O4S. The van der Waals surface area contributed by atoms with E-state index in [1.165, 1.54) is 16.4 Å². The highest BCUT2D eigenvalue weighted by Gasteiger charge is 2.34. The molecule has 0 bridgehead atoms. The summed E-state index contributed by atoms with van der Waals surface area (Å²) in [6, 6.07) is 12.6. The number of para-hydroxylation sites is 2. The van der Waals surface area contributed by atoms with E-state index in [1.807, 2.05) is 33.8 Å². The van der Waals surface area contributed by atoms with Gasteiger partial charge in [-0.2, -0.15) is 22.6 Å². The number of anilines is 1. The van der Waals surface area contributed by atoms with Crippen molar-refractivity contribution in [1.29, 1.82) is 0 Å². The first-order valence-electron chi connectivity index (χ1n) is 14.5. The number of alkyl halides is 3. The standard InChI is InChI=1S/C30H34F3N5O4S/c1-43(40,41)36-18-13-25-24(19-36)29(21-7-9-22(10-8-21)30(31,32)33)34-37(25)15-4-14-35-16-11-23(12-17-35)38-26-5-2-3-6-27(26)42-20-28(38)39/h2-3,5-10,23H,4,11-20H2,1H3. The highest BCUT2D eigenvalue weighted by atomic mass is 32.2. The second kappa shape index (κ2) is 11.6. The molecule has 1 aromatic heterocycles. The number of carbonyl (C=O) groups is 1. The smallest absolute Gasteiger partial charge is 0.416 e. The Hall–Kier alpha value is -3.42. The molecule has 0 spiro atoms. The number of rotatable bonds is 7. The summed E-state index contributed by atoms with van der Waals surface area (Å²) >= 11 is 0. The quantitative estimate of drug-likeness (QED) is 0.396. The van der Waals surface area contributed by atoms with Gasteiger partial charge >= 0.3 is 6.18 Å². The monoisotopic (exact) mass is 617 g/mol. The molecule has 6 rings (SSSR count). The molecule has 0 N–H and O–H groups in total. The number of fused-ring (bicyclic) bond motifs is 2. The summed E-state index contributed by atoms with van der Waals surface area (Å²) in [5, 5.41) is 4.80. The first-order chi connectivity index (χ1) is 20.5. The van der Waals surface area contributed by atoms with Crippen LogP contribution in [0.4, 0.5) is 18.9 Å². The van der Waals surface area contributed by atoms with Crippen molar-refractivity contribution in [2.24, 2.45) is 0 Å². The van der Waals surface area contributed by atoms with Gasteiger partial charge in [0.1, 0.15) is 5.75 Å². The molecular weight excluding hydrogens is 583 g/mol. The van der Waals surface area contributed by atoms with Crippen molar-refractivity contribution in [3.63, 3.8) is 0 Å². The number of halogens is 3. The number of ether oxygens (including phenoxy) is 1. The molecule has 0 radical (unpaired) electrons. The Morgan fingerprint density at radius 2 is 1.72 bits per heavy atom. The van der Waals surface area contributed by atoms with Gasteiger partial charge in [0.05, 0.1) is 23.2 Å². The summed E-state index contributed by atoms with van der Waals surface area (Å²) in [6.07, 6.45) is -0.275. The Kier molecular flexibility index (Phi) is 7.99. The molecule has 1 saturated heterocycles. The number of amides is 1. The molecule has 1 fully saturated rings. The number of sulfonamides is 1. The minimum Gasteiger partial charge on any atom is -0.482 e. The van der Waals surface area contributed by atoms with Crippen LogP contribution in [0.3, 0.4) is 0 Å². The van der Waals surface area contributed by atoms with Gasteiger partial charge < -0.3 is 14.5 Å². The van der Waals surface area contributed by atoms with Crippen LogP contribution in [0.1, 0.15) is 36.1 Å². The maximum atomic E-state index is 13.1. The van der Waals surface area contributed by atoms with E-state index < -0.39 is 21.8 Å². The Bertz CT molecular complexity index is 1600. The van der Waals surface area contributed by atoms with Gasteiger partial charge in [-0.3, -0.25) is 9.48 Å². The summed E-state index contributed by atoms with van der Waals surface area (Å²) in [5.74, 6) is 0.723. The summed E-state index contributed by atoms with van der Waals surface area (Å²) in [6.45, 7) is 3.69. The van der Waals surface area contributed by atoms with Crippen molar-refractivity contribution >= 4 is 21.6 Å². The molecule has 3 aromatic rings. The summed E-state index contributed by atoms with van der Waals surface area (Å²) < 4.78 is 72.9. The van der Waals surface area contributed by atoms with Gasteiger partial charge in [0.15, 0.2) is 6.61 Å². The Morgan fingerprint density at radius 3 is 2.42 bits per heavy atom. The third-order valence-corrected chi connectivity index (χ3v) is 9.81. The fourth-order valence-electron chi connectivity index (χ4n) is 6.35. The Labute approximate surface area is 248 Å². The number of benzene rings is 2. The number of hydrogen-bond donors (Lipinski definition) is 0. The van der Waals surface area contributed by atoms with E-state index in [2.05, 4.69) is 4.90 Å². The molecule has 3 aliphatic rings. The molecule has 2 aromatic carbocycles. The third-order valence-electron chi connectivity index (χ3n) is 8.56. The van der Waals surface area contributed by atoms with E-state index >= 15 is 0 Å². The number of likely N-dealkylation sites (tertiary alicyclic amines) is 1. The van der Waals surface area contributed by atoms with Gasteiger partial charge in [0.2, 0.25) is 10.0 Å². The van der Waals surface area contributed by atoms with E-state index in [0.29, 0.717) is 30.8 Å². The second-order valence-electron chi connectivity index (χ2n) is 11.4. The zero-order chi connectivity index (χ0) is 30.4. The van der Waals surface area contributed by atoms with Crippen LogP contribution in [0.15, 0.2) is 48.5 Å². The van der Waals surface area contributed by atoms with Crippen LogP contribution in [0, 0.1) is 0 Å². The largest absolute Gasteiger partial charge is 0.482 e. The van der Waals surface area contributed by atoms with Crippen molar-refractivity contribution < 1.29 is 31.1 Å². The van der Waals surface area contributed by atoms with Gasteiger partial charge in [-0.05, 0) is 50.1 Å². The van der Waals surface area contributed by atoms with E-state index in [0.717, 1.165) is 80.0 Å². The molecule has 3 aliphatic heterocycles. The van der Waals surface area contributed by atoms with E-state index in [1.54, 1.807) is 0 Å². The van der Waals surface area contributed by atoms with Gasteiger partial charge in [0.25, 0.3) is 5.91 Å². The van der Waals surface area contributed by atoms with Crippen molar-refractivity contribution in [2.75, 3.05) is 43.9 Å². The average Bonchev–Trinajstić information content (AvgIpc) is 3.35. The zero-order valence-electron chi connectivity index (χ0n) is 23.9. The average molecular weight is 618 g/mol. The molecule has 0 saturated carbocycles. The summed E-state index contributed by atoms with van der Waals surface area (Å²) in [5.41, 5.74) is 2.81. The molecule has 1 amide bonds. The molecule has 13 heteroatoms. The molecule has 0 unspecified atom stereocenters. The van der Waals surface area contributed by atoms with Gasteiger partial charge in [-0.25, -0.2) is 8.42 Å². The lowest BCUT2D eigenvalue weighted by Gasteiger charge is -2.40. The van der Waals surface area contributed by atoms with Crippen molar-refractivity contribution in [1.82, 2.24) is 19.0 Å². The fourth-order valence-corrected chi connectivity index (χ4v) is 7.14. The third kappa shape index (κ3) is 6.16. The van der Waals surface area contributed by atoms with Crippen LogP contribution < -0.4 is 9.64 Å². The minimum atomic E-state index is -4.44. The van der Waals surface area contributed by atoms with E-state index in [9.17, 15) is 26.4 Å². The molecule has 0 aliphatic carbocycles. The SMILES string of the molecule is CS(=O)(=O)N1CCc2c(c(-c3ccc(C(F)(F)F)cc3)nn2CCCN2CCC(N3C(=O)COc4ccccc43)CC2)C1. The fraction of sp³-hybridized carbons (Fsp3) is 0.467. The van der Waals surface area contributed by atoms with Crippen LogP contribution in [-0.2, 0) is 40.5 Å². The van der Waals surface area contributed by atoms with Crippen LogP contribution in [0.5, 0.6) is 5.75 Å². The van der Waals surface area contributed by atoms with Gasteiger partial charge in [-0.15, -0.1) is 0 Å². The highest BCUT2D eigenvalue weighted by Crippen LogP contribution is 2.36. The molecule has 43 heavy (non-hydrogen) atoms. The first-order valence-corrected chi connectivity index (χ1v) is 16.3. The molecule has 9 nitrogen and oxygen atoms in total. The number of hydrogen-bond acceptors (Lipinski definition) is 6. The predicted molar refractivity (Wildman–Crippen MR) is 155 cm³/mol. The molecule has 0 atom stereocenters. The summed E-state index contributed by atoms with van der Waals surface area (Å²) in [7, 11) is -3.44. The lowest BCUT2D eigenvalue weighted by Crippen LogP contribution is -2.50. The second-order valence-corrected chi connectivity index (χ2v) is 13.3. The highest BCUT2D eigenvalue weighted by molar-refractivity contribution is 7.88. The van der Waals surface area contributed by atoms with Gasteiger partial charge in [-0.1, -0.05) is 24.3 Å². The van der Waals surface area contributed by atoms with Crippen molar-refractivity contribution in [2.45, 2.75) is 51.0 Å². The van der Waals surface area contributed by atoms with Crippen LogP contribution in [-0.4, -0.2) is 78.4 Å². The predicted octanol–water partition coefficient (Wildman–Crippen LogP) is 4.17. The number of nitrogens with zero attached hydrogens (tertiary/aromatic N) is 5. The Morgan fingerprint density at radius 1 is 1.00 bits per heavy atom. The van der Waals surface area contributed by atoms with Crippen molar-refractivity contribution in [3.05, 3.63) is 65.4 Å². The Balaban J connectivity index is 1.12. The summed E-state index contributed by atoms with van der Waals surface area (Å²) in [4.78, 5) is 17.0. The molecule has 4 heterocycles. The maximum Gasteiger partial charge on any atom is 0.416 e. The molecule has 230 valence electrons. The number of aromatic nitrogens is 2. The number of aryl methyl sites for hydroxylation is 1. The van der Waals surface area contributed by atoms with Crippen LogP contribution >= 0.6 is 0 Å².